The Kier molecular flexibility index (Phi) is 5.19. The first kappa shape index (κ1) is 18.7. The van der Waals surface area contributed by atoms with Crippen molar-refractivity contribution in [3.63, 3.8) is 0 Å². The lowest BCUT2D eigenvalue weighted by molar-refractivity contribution is 0.105. The third-order valence-electron chi connectivity index (χ3n) is 4.87. The molecule has 0 aliphatic carbocycles. The second-order valence-electron chi connectivity index (χ2n) is 7.63. The van der Waals surface area contributed by atoms with E-state index < -0.39 is 0 Å². The number of nitrogens with zero attached hydrogens (tertiary/aromatic N) is 1. The molecule has 0 amide bonds. The summed E-state index contributed by atoms with van der Waals surface area (Å²) in [6.45, 7) is 10.7. The summed E-state index contributed by atoms with van der Waals surface area (Å²) in [5, 5.41) is 1.21. The van der Waals surface area contributed by atoms with Crippen molar-refractivity contribution in [3.05, 3.63) is 59.2 Å². The highest BCUT2D eigenvalue weighted by Crippen LogP contribution is 2.30. The fraction of sp³-hybridized carbons (Fsp3) is 0.348. The van der Waals surface area contributed by atoms with E-state index in [1.165, 1.54) is 10.9 Å². The van der Waals surface area contributed by atoms with Crippen LogP contribution in [0.5, 0.6) is 5.75 Å². The van der Waals surface area contributed by atoms with Crippen LogP contribution in [0.2, 0.25) is 0 Å². The SMILES string of the molecule is CCC(C)(C)Oc1ccc(-c2cc3ccccc3n(C(C)C)c2=S)cc1. The van der Waals surface area contributed by atoms with Crippen molar-refractivity contribution in [3.8, 4) is 16.9 Å². The number of ether oxygens (including phenoxy) is 1. The van der Waals surface area contributed by atoms with Crippen LogP contribution in [-0.2, 0) is 0 Å². The molecule has 1 heterocycles. The maximum absolute atomic E-state index is 6.07. The summed E-state index contributed by atoms with van der Waals surface area (Å²) >= 11 is 5.85. The number of benzene rings is 2. The van der Waals surface area contributed by atoms with Gasteiger partial charge in [0.1, 0.15) is 16.0 Å². The second kappa shape index (κ2) is 7.24. The molecule has 26 heavy (non-hydrogen) atoms. The lowest BCUT2D eigenvalue weighted by Gasteiger charge is -2.25. The standard InChI is InChI=1S/C23H27NOS/c1-6-23(4,5)25-19-13-11-17(12-14-19)20-15-18-9-7-8-10-21(18)24(16(2)3)22(20)26/h7-16H,6H2,1-5H3. The summed E-state index contributed by atoms with van der Waals surface area (Å²) in [6, 6.07) is 19.2. The Balaban J connectivity index is 2.08. The zero-order valence-electron chi connectivity index (χ0n) is 16.2. The van der Waals surface area contributed by atoms with E-state index in [9.17, 15) is 0 Å². The van der Waals surface area contributed by atoms with Crippen LogP contribution in [0.25, 0.3) is 22.0 Å². The van der Waals surface area contributed by atoms with Gasteiger partial charge < -0.3 is 9.30 Å². The van der Waals surface area contributed by atoms with Crippen LogP contribution in [-0.4, -0.2) is 10.2 Å². The molecule has 0 saturated heterocycles. The molecule has 0 radical (unpaired) electrons. The molecule has 0 atom stereocenters. The van der Waals surface area contributed by atoms with Gasteiger partial charge in [0.15, 0.2) is 0 Å². The first-order chi connectivity index (χ1) is 12.3. The van der Waals surface area contributed by atoms with Crippen molar-refractivity contribution >= 4 is 23.1 Å². The zero-order chi connectivity index (χ0) is 18.9. The lowest BCUT2D eigenvalue weighted by Crippen LogP contribution is -2.26. The molecule has 0 spiro atoms. The molecule has 136 valence electrons. The fourth-order valence-corrected chi connectivity index (χ4v) is 3.58. The van der Waals surface area contributed by atoms with E-state index in [0.717, 1.165) is 27.9 Å². The molecule has 0 saturated carbocycles. The molecule has 0 fully saturated rings. The molecular weight excluding hydrogens is 338 g/mol. The minimum absolute atomic E-state index is 0.158. The molecular formula is C23H27NOS. The predicted octanol–water partition coefficient (Wildman–Crippen LogP) is 7.19. The maximum atomic E-state index is 6.07. The molecule has 1 aromatic heterocycles. The van der Waals surface area contributed by atoms with Crippen molar-refractivity contribution in [1.29, 1.82) is 0 Å². The Hall–Kier alpha value is -2.13. The highest BCUT2D eigenvalue weighted by atomic mass is 32.1. The number of hydrogen-bond acceptors (Lipinski definition) is 2. The summed E-state index contributed by atoms with van der Waals surface area (Å²) in [4.78, 5) is 0. The van der Waals surface area contributed by atoms with Gasteiger partial charge in [-0.1, -0.05) is 49.5 Å². The van der Waals surface area contributed by atoms with E-state index in [0.29, 0.717) is 6.04 Å². The van der Waals surface area contributed by atoms with Gasteiger partial charge in [-0.3, -0.25) is 0 Å². The average molecular weight is 366 g/mol. The topological polar surface area (TPSA) is 14.2 Å². The highest BCUT2D eigenvalue weighted by molar-refractivity contribution is 7.71. The third-order valence-corrected chi connectivity index (χ3v) is 5.29. The molecule has 3 aromatic rings. The Morgan fingerprint density at radius 3 is 2.31 bits per heavy atom. The van der Waals surface area contributed by atoms with Crippen LogP contribution in [0.1, 0.15) is 47.1 Å². The Morgan fingerprint density at radius 2 is 1.69 bits per heavy atom. The normalized spacial score (nSPS) is 11.9. The van der Waals surface area contributed by atoms with Gasteiger partial charge >= 0.3 is 0 Å². The maximum Gasteiger partial charge on any atom is 0.120 e. The van der Waals surface area contributed by atoms with Crippen LogP contribution in [0, 0.1) is 4.64 Å². The largest absolute Gasteiger partial charge is 0.488 e. The van der Waals surface area contributed by atoms with E-state index in [4.69, 9.17) is 17.0 Å². The number of fused-ring (bicyclic) bond motifs is 1. The minimum Gasteiger partial charge on any atom is -0.488 e. The van der Waals surface area contributed by atoms with Gasteiger partial charge in [0.05, 0.1) is 0 Å². The third kappa shape index (κ3) is 3.68. The van der Waals surface area contributed by atoms with Gasteiger partial charge in [-0.2, -0.15) is 0 Å². The molecule has 0 N–H and O–H groups in total. The molecule has 2 aromatic carbocycles. The van der Waals surface area contributed by atoms with Gasteiger partial charge in [0, 0.05) is 17.1 Å². The van der Waals surface area contributed by atoms with E-state index in [2.05, 4.69) is 81.7 Å². The van der Waals surface area contributed by atoms with Gasteiger partial charge in [-0.25, -0.2) is 0 Å². The van der Waals surface area contributed by atoms with Gasteiger partial charge in [-0.05, 0) is 69.3 Å². The highest BCUT2D eigenvalue weighted by Gasteiger charge is 2.17. The summed E-state index contributed by atoms with van der Waals surface area (Å²) in [5.41, 5.74) is 3.24. The summed E-state index contributed by atoms with van der Waals surface area (Å²) < 4.78 is 9.19. The van der Waals surface area contributed by atoms with Gasteiger partial charge in [-0.15, -0.1) is 0 Å². The minimum atomic E-state index is -0.158. The molecule has 0 unspecified atom stereocenters. The Bertz CT molecular complexity index is 968. The Morgan fingerprint density at radius 1 is 1.04 bits per heavy atom. The van der Waals surface area contributed by atoms with Gasteiger partial charge in [0.25, 0.3) is 0 Å². The summed E-state index contributed by atoms with van der Waals surface area (Å²) in [7, 11) is 0. The first-order valence-corrected chi connectivity index (χ1v) is 9.67. The zero-order valence-corrected chi connectivity index (χ0v) is 17.1. The van der Waals surface area contributed by atoms with Crippen molar-refractivity contribution < 1.29 is 4.74 Å². The molecule has 3 rings (SSSR count). The summed E-state index contributed by atoms with van der Waals surface area (Å²) in [6.07, 6.45) is 0.962. The van der Waals surface area contributed by atoms with Crippen LogP contribution in [0.4, 0.5) is 0 Å². The molecule has 0 aliphatic rings. The monoisotopic (exact) mass is 365 g/mol. The van der Waals surface area contributed by atoms with Crippen LogP contribution in [0.15, 0.2) is 54.6 Å². The van der Waals surface area contributed by atoms with E-state index >= 15 is 0 Å². The molecule has 3 heteroatoms. The smallest absolute Gasteiger partial charge is 0.120 e. The first-order valence-electron chi connectivity index (χ1n) is 9.26. The number of hydrogen-bond donors (Lipinski definition) is 0. The number of rotatable bonds is 5. The molecule has 0 bridgehead atoms. The quantitative estimate of drug-likeness (QED) is 0.444. The second-order valence-corrected chi connectivity index (χ2v) is 8.01. The number of para-hydroxylation sites is 1. The average Bonchev–Trinajstić information content (AvgIpc) is 2.61. The van der Waals surface area contributed by atoms with Crippen LogP contribution < -0.4 is 4.74 Å². The van der Waals surface area contributed by atoms with Crippen molar-refractivity contribution in [1.82, 2.24) is 4.57 Å². The number of pyridine rings is 1. The number of aromatic nitrogens is 1. The van der Waals surface area contributed by atoms with Gasteiger partial charge in [0.2, 0.25) is 0 Å². The predicted molar refractivity (Wildman–Crippen MR) is 114 cm³/mol. The lowest BCUT2D eigenvalue weighted by atomic mass is 10.0. The van der Waals surface area contributed by atoms with Crippen LogP contribution in [0.3, 0.4) is 0 Å². The van der Waals surface area contributed by atoms with Crippen molar-refractivity contribution in [2.24, 2.45) is 0 Å². The van der Waals surface area contributed by atoms with E-state index in [1.54, 1.807) is 0 Å². The fourth-order valence-electron chi connectivity index (χ4n) is 3.10. The Labute approximate surface area is 161 Å². The molecule has 0 aliphatic heterocycles. The molecule has 2 nitrogen and oxygen atoms in total. The van der Waals surface area contributed by atoms with Crippen LogP contribution >= 0.6 is 12.2 Å². The van der Waals surface area contributed by atoms with Crippen molar-refractivity contribution in [2.45, 2.75) is 52.7 Å². The van der Waals surface area contributed by atoms with E-state index in [1.807, 2.05) is 12.1 Å². The van der Waals surface area contributed by atoms with Crippen molar-refractivity contribution in [2.75, 3.05) is 0 Å². The summed E-state index contributed by atoms with van der Waals surface area (Å²) in [5.74, 6) is 0.893. The van der Waals surface area contributed by atoms with E-state index in [-0.39, 0.29) is 5.60 Å².